The monoisotopic (exact) mass is 157 g/mol. The van der Waals surface area contributed by atoms with Gasteiger partial charge < -0.3 is 4.84 Å². The van der Waals surface area contributed by atoms with Crippen LogP contribution in [0.5, 0.6) is 0 Å². The number of nitrogens with one attached hydrogen (secondary N) is 1. The standard InChI is InChI=1S/C7H11NOS/c1-6(8-9-2)7-4-3-5-10-7/h3-6,8H,1-2H3/t6-/m0/s1. The van der Waals surface area contributed by atoms with Crippen LogP contribution in [0.3, 0.4) is 0 Å². The maximum atomic E-state index is 4.78. The molecule has 56 valence electrons. The highest BCUT2D eigenvalue weighted by atomic mass is 32.1. The Bertz CT molecular complexity index is 174. The fourth-order valence-corrected chi connectivity index (χ4v) is 1.50. The molecular weight excluding hydrogens is 146 g/mol. The molecule has 0 amide bonds. The van der Waals surface area contributed by atoms with Gasteiger partial charge in [0, 0.05) is 4.88 Å². The Morgan fingerprint density at radius 1 is 1.70 bits per heavy atom. The minimum absolute atomic E-state index is 0.296. The zero-order valence-electron chi connectivity index (χ0n) is 6.13. The van der Waals surface area contributed by atoms with Crippen molar-refractivity contribution in [1.29, 1.82) is 0 Å². The van der Waals surface area contributed by atoms with E-state index in [-0.39, 0.29) is 0 Å². The van der Waals surface area contributed by atoms with E-state index in [1.807, 2.05) is 6.07 Å². The molecule has 0 aliphatic rings. The highest BCUT2D eigenvalue weighted by Crippen LogP contribution is 2.17. The van der Waals surface area contributed by atoms with Gasteiger partial charge in [0.15, 0.2) is 0 Å². The minimum atomic E-state index is 0.296. The molecule has 10 heavy (non-hydrogen) atoms. The number of thiophene rings is 1. The van der Waals surface area contributed by atoms with E-state index in [1.165, 1.54) is 4.88 Å². The third-order valence-corrected chi connectivity index (χ3v) is 2.32. The van der Waals surface area contributed by atoms with Crippen LogP contribution >= 0.6 is 11.3 Å². The zero-order chi connectivity index (χ0) is 7.40. The highest BCUT2D eigenvalue weighted by molar-refractivity contribution is 7.10. The van der Waals surface area contributed by atoms with Crippen molar-refractivity contribution >= 4 is 11.3 Å². The predicted octanol–water partition coefficient (Wildman–Crippen LogP) is 1.96. The van der Waals surface area contributed by atoms with Crippen LogP contribution in [0.1, 0.15) is 17.8 Å². The fourth-order valence-electron chi connectivity index (χ4n) is 0.773. The molecule has 0 saturated heterocycles. The zero-order valence-corrected chi connectivity index (χ0v) is 6.94. The van der Waals surface area contributed by atoms with Gasteiger partial charge >= 0.3 is 0 Å². The summed E-state index contributed by atoms with van der Waals surface area (Å²) >= 11 is 1.73. The van der Waals surface area contributed by atoms with Gasteiger partial charge in [0.05, 0.1) is 13.2 Å². The van der Waals surface area contributed by atoms with Crippen molar-refractivity contribution in [3.05, 3.63) is 22.4 Å². The molecule has 1 rings (SSSR count). The molecule has 0 unspecified atom stereocenters. The van der Waals surface area contributed by atoms with E-state index < -0.39 is 0 Å². The number of hydrogen-bond acceptors (Lipinski definition) is 3. The van der Waals surface area contributed by atoms with E-state index in [0.29, 0.717) is 6.04 Å². The Morgan fingerprint density at radius 3 is 3.00 bits per heavy atom. The Hall–Kier alpha value is -0.380. The van der Waals surface area contributed by atoms with Crippen LogP contribution in [-0.4, -0.2) is 7.11 Å². The van der Waals surface area contributed by atoms with Crippen molar-refractivity contribution in [2.45, 2.75) is 13.0 Å². The van der Waals surface area contributed by atoms with E-state index >= 15 is 0 Å². The van der Waals surface area contributed by atoms with Gasteiger partial charge in [-0.3, -0.25) is 0 Å². The SMILES string of the molecule is CON[C@@H](C)c1cccs1. The molecule has 0 bridgehead atoms. The van der Waals surface area contributed by atoms with Crippen molar-refractivity contribution in [3.8, 4) is 0 Å². The molecule has 0 spiro atoms. The number of hydroxylamine groups is 1. The van der Waals surface area contributed by atoms with E-state index in [2.05, 4.69) is 23.9 Å². The van der Waals surface area contributed by atoms with Crippen LogP contribution in [0.4, 0.5) is 0 Å². The van der Waals surface area contributed by atoms with Crippen LogP contribution in [0.15, 0.2) is 17.5 Å². The van der Waals surface area contributed by atoms with Crippen molar-refractivity contribution in [2.75, 3.05) is 7.11 Å². The highest BCUT2D eigenvalue weighted by Gasteiger charge is 2.02. The van der Waals surface area contributed by atoms with Gasteiger partial charge in [0.1, 0.15) is 0 Å². The van der Waals surface area contributed by atoms with Gasteiger partial charge in [-0.2, -0.15) is 5.48 Å². The molecule has 0 saturated carbocycles. The summed E-state index contributed by atoms with van der Waals surface area (Å²) in [5, 5.41) is 2.06. The first-order chi connectivity index (χ1) is 4.84. The summed E-state index contributed by atoms with van der Waals surface area (Å²) in [5.41, 5.74) is 2.86. The Morgan fingerprint density at radius 2 is 2.50 bits per heavy atom. The molecular formula is C7H11NOS. The topological polar surface area (TPSA) is 21.3 Å². The van der Waals surface area contributed by atoms with Crippen molar-refractivity contribution in [3.63, 3.8) is 0 Å². The maximum absolute atomic E-state index is 4.78. The molecule has 1 aromatic rings. The second-order valence-electron chi connectivity index (χ2n) is 2.06. The van der Waals surface area contributed by atoms with Crippen LogP contribution < -0.4 is 5.48 Å². The molecule has 0 radical (unpaired) electrons. The molecule has 0 aliphatic heterocycles. The largest absolute Gasteiger partial charge is 0.305 e. The molecule has 1 N–H and O–H groups in total. The molecule has 1 heterocycles. The number of hydrogen-bond donors (Lipinski definition) is 1. The summed E-state index contributed by atoms with van der Waals surface area (Å²) < 4.78 is 0. The van der Waals surface area contributed by atoms with E-state index in [1.54, 1.807) is 18.4 Å². The van der Waals surface area contributed by atoms with Crippen LogP contribution in [0, 0.1) is 0 Å². The smallest absolute Gasteiger partial charge is 0.0636 e. The normalized spacial score (nSPS) is 13.4. The van der Waals surface area contributed by atoms with Crippen LogP contribution in [0.2, 0.25) is 0 Å². The van der Waals surface area contributed by atoms with E-state index in [9.17, 15) is 0 Å². The van der Waals surface area contributed by atoms with Gasteiger partial charge in [-0.1, -0.05) is 6.07 Å². The lowest BCUT2D eigenvalue weighted by Gasteiger charge is -2.07. The Balaban J connectivity index is 2.50. The lowest BCUT2D eigenvalue weighted by atomic mass is 10.3. The molecule has 3 heteroatoms. The lowest BCUT2D eigenvalue weighted by molar-refractivity contribution is 0.0668. The molecule has 0 aliphatic carbocycles. The number of rotatable bonds is 3. The van der Waals surface area contributed by atoms with Crippen molar-refractivity contribution < 1.29 is 4.84 Å². The molecule has 0 fully saturated rings. The van der Waals surface area contributed by atoms with E-state index in [4.69, 9.17) is 4.84 Å². The van der Waals surface area contributed by atoms with Gasteiger partial charge in [-0.25, -0.2) is 0 Å². The van der Waals surface area contributed by atoms with Crippen molar-refractivity contribution in [1.82, 2.24) is 5.48 Å². The predicted molar refractivity (Wildman–Crippen MR) is 42.9 cm³/mol. The summed E-state index contributed by atoms with van der Waals surface area (Å²) in [7, 11) is 1.63. The third-order valence-electron chi connectivity index (χ3n) is 1.26. The molecule has 0 aromatic carbocycles. The first kappa shape index (κ1) is 7.72. The Labute approximate surface area is 64.8 Å². The minimum Gasteiger partial charge on any atom is -0.305 e. The van der Waals surface area contributed by atoms with Gasteiger partial charge in [-0.15, -0.1) is 11.3 Å². The van der Waals surface area contributed by atoms with Gasteiger partial charge in [0.25, 0.3) is 0 Å². The van der Waals surface area contributed by atoms with Crippen molar-refractivity contribution in [2.24, 2.45) is 0 Å². The molecule has 2 nitrogen and oxygen atoms in total. The van der Waals surface area contributed by atoms with Gasteiger partial charge in [0.2, 0.25) is 0 Å². The summed E-state index contributed by atoms with van der Waals surface area (Å²) in [4.78, 5) is 6.08. The first-order valence-corrected chi connectivity index (χ1v) is 4.04. The lowest BCUT2D eigenvalue weighted by Crippen LogP contribution is -2.15. The average Bonchev–Trinajstić information content (AvgIpc) is 2.38. The molecule has 1 aromatic heterocycles. The Kier molecular flexibility index (Phi) is 2.86. The summed E-state index contributed by atoms with van der Waals surface area (Å²) in [6.45, 7) is 2.06. The fraction of sp³-hybridized carbons (Fsp3) is 0.429. The second-order valence-corrected chi connectivity index (χ2v) is 3.04. The summed E-state index contributed by atoms with van der Waals surface area (Å²) in [5.74, 6) is 0. The second kappa shape index (κ2) is 3.71. The first-order valence-electron chi connectivity index (χ1n) is 3.16. The quantitative estimate of drug-likeness (QED) is 0.677. The third kappa shape index (κ3) is 1.80. The maximum Gasteiger partial charge on any atom is 0.0636 e. The summed E-state index contributed by atoms with van der Waals surface area (Å²) in [6.07, 6.45) is 0. The van der Waals surface area contributed by atoms with E-state index in [0.717, 1.165) is 0 Å². The summed E-state index contributed by atoms with van der Waals surface area (Å²) in [6, 6.07) is 4.42. The van der Waals surface area contributed by atoms with Crippen LogP contribution in [0.25, 0.3) is 0 Å². The molecule has 1 atom stereocenters. The van der Waals surface area contributed by atoms with Crippen LogP contribution in [-0.2, 0) is 4.84 Å². The van der Waals surface area contributed by atoms with Gasteiger partial charge in [-0.05, 0) is 18.4 Å². The average molecular weight is 157 g/mol.